The predicted octanol–water partition coefficient (Wildman–Crippen LogP) is 4.53. The summed E-state index contributed by atoms with van der Waals surface area (Å²) in [4.78, 5) is 15.2. The maximum absolute atomic E-state index is 12.7. The van der Waals surface area contributed by atoms with E-state index in [0.29, 0.717) is 11.3 Å². The number of rotatable bonds is 6. The Morgan fingerprint density at radius 2 is 1.58 bits per heavy atom. The number of nitrogens with zero attached hydrogens (tertiary/aromatic N) is 2. The second-order valence-corrected chi connectivity index (χ2v) is 10.6. The van der Waals surface area contributed by atoms with Crippen LogP contribution in [0.5, 0.6) is 0 Å². The van der Waals surface area contributed by atoms with Gasteiger partial charge in [0, 0.05) is 43.1 Å². The van der Waals surface area contributed by atoms with Crippen molar-refractivity contribution in [1.82, 2.24) is 4.31 Å². The number of benzene rings is 3. The van der Waals surface area contributed by atoms with Crippen molar-refractivity contribution < 1.29 is 13.2 Å². The molecule has 6 nitrogen and oxygen atoms in total. The molecule has 1 heterocycles. The summed E-state index contributed by atoms with van der Waals surface area (Å²) in [5.74, 6) is -0.236. The standard InChI is InChI=1S/C26H29N3O3S/c1-19(2)28(3)33(31,32)25-14-10-23(11-15-25)27-26(30)21-8-12-24(13-9-21)29-17-16-20-6-4-5-7-22(20)18-29/h4-15,19H,16-18H2,1-3H3,(H,27,30). The minimum atomic E-state index is -3.55. The highest BCUT2D eigenvalue weighted by molar-refractivity contribution is 7.89. The Bertz CT molecular complexity index is 1240. The zero-order valence-electron chi connectivity index (χ0n) is 19.2. The molecule has 0 saturated heterocycles. The number of hydrogen-bond acceptors (Lipinski definition) is 4. The van der Waals surface area contributed by atoms with Gasteiger partial charge in [0.15, 0.2) is 0 Å². The fraction of sp³-hybridized carbons (Fsp3) is 0.269. The minimum Gasteiger partial charge on any atom is -0.367 e. The molecule has 0 aromatic heterocycles. The van der Waals surface area contributed by atoms with E-state index in [0.717, 1.165) is 25.2 Å². The van der Waals surface area contributed by atoms with Crippen molar-refractivity contribution in [3.63, 3.8) is 0 Å². The van der Waals surface area contributed by atoms with E-state index in [4.69, 9.17) is 0 Å². The van der Waals surface area contributed by atoms with E-state index in [2.05, 4.69) is 34.5 Å². The van der Waals surface area contributed by atoms with Gasteiger partial charge in [-0.25, -0.2) is 8.42 Å². The second-order valence-electron chi connectivity index (χ2n) is 8.58. The maximum atomic E-state index is 12.7. The topological polar surface area (TPSA) is 69.7 Å². The lowest BCUT2D eigenvalue weighted by Crippen LogP contribution is -2.33. The fourth-order valence-electron chi connectivity index (χ4n) is 3.90. The Labute approximate surface area is 195 Å². The van der Waals surface area contributed by atoms with Crippen molar-refractivity contribution >= 4 is 27.3 Å². The summed E-state index contributed by atoms with van der Waals surface area (Å²) in [5, 5.41) is 2.84. The molecule has 33 heavy (non-hydrogen) atoms. The van der Waals surface area contributed by atoms with Gasteiger partial charge in [0.2, 0.25) is 10.0 Å². The molecule has 7 heteroatoms. The van der Waals surface area contributed by atoms with E-state index in [-0.39, 0.29) is 16.8 Å². The first kappa shape index (κ1) is 23.0. The summed E-state index contributed by atoms with van der Waals surface area (Å²) < 4.78 is 26.5. The quantitative estimate of drug-likeness (QED) is 0.583. The number of hydrogen-bond donors (Lipinski definition) is 1. The molecule has 1 aliphatic rings. The lowest BCUT2D eigenvalue weighted by atomic mass is 9.99. The molecule has 3 aromatic carbocycles. The van der Waals surface area contributed by atoms with Crippen LogP contribution < -0.4 is 10.2 Å². The molecule has 1 aliphatic heterocycles. The summed E-state index contributed by atoms with van der Waals surface area (Å²) in [6.45, 7) is 5.45. The minimum absolute atomic E-state index is 0.142. The van der Waals surface area contributed by atoms with Crippen LogP contribution in [-0.2, 0) is 23.0 Å². The average molecular weight is 464 g/mol. The van der Waals surface area contributed by atoms with E-state index < -0.39 is 10.0 Å². The van der Waals surface area contributed by atoms with Gasteiger partial charge < -0.3 is 10.2 Å². The second kappa shape index (κ2) is 9.37. The van der Waals surface area contributed by atoms with Crippen LogP contribution in [0.15, 0.2) is 77.7 Å². The SMILES string of the molecule is CC(C)N(C)S(=O)(=O)c1ccc(NC(=O)c2ccc(N3CCc4ccccc4C3)cc2)cc1. The summed E-state index contributed by atoms with van der Waals surface area (Å²) in [7, 11) is -2.00. The van der Waals surface area contributed by atoms with E-state index in [1.165, 1.54) is 27.6 Å². The van der Waals surface area contributed by atoms with Gasteiger partial charge in [-0.2, -0.15) is 4.31 Å². The molecule has 0 unspecified atom stereocenters. The maximum Gasteiger partial charge on any atom is 0.255 e. The number of amides is 1. The first-order chi connectivity index (χ1) is 15.8. The number of nitrogens with one attached hydrogen (secondary N) is 1. The van der Waals surface area contributed by atoms with Gasteiger partial charge in [-0.3, -0.25) is 4.79 Å². The number of anilines is 2. The predicted molar refractivity (Wildman–Crippen MR) is 132 cm³/mol. The molecule has 0 fully saturated rings. The van der Waals surface area contributed by atoms with Gasteiger partial charge in [-0.05, 0) is 79.9 Å². The van der Waals surface area contributed by atoms with Gasteiger partial charge in [-0.1, -0.05) is 24.3 Å². The molecule has 1 N–H and O–H groups in total. The lowest BCUT2D eigenvalue weighted by Gasteiger charge is -2.30. The van der Waals surface area contributed by atoms with E-state index in [1.54, 1.807) is 19.2 Å². The summed E-state index contributed by atoms with van der Waals surface area (Å²) >= 11 is 0. The Balaban J connectivity index is 1.41. The van der Waals surface area contributed by atoms with Crippen molar-refractivity contribution in [2.24, 2.45) is 0 Å². The monoisotopic (exact) mass is 463 g/mol. The van der Waals surface area contributed by atoms with Crippen LogP contribution in [0.4, 0.5) is 11.4 Å². The molecular weight excluding hydrogens is 434 g/mol. The highest BCUT2D eigenvalue weighted by Gasteiger charge is 2.23. The van der Waals surface area contributed by atoms with Crippen LogP contribution in [0, 0.1) is 0 Å². The molecule has 0 bridgehead atoms. The largest absolute Gasteiger partial charge is 0.367 e. The Kier molecular flexibility index (Phi) is 6.54. The highest BCUT2D eigenvalue weighted by Crippen LogP contribution is 2.25. The van der Waals surface area contributed by atoms with Gasteiger partial charge in [0.25, 0.3) is 5.91 Å². The molecule has 0 spiro atoms. The van der Waals surface area contributed by atoms with Crippen LogP contribution in [0.25, 0.3) is 0 Å². The fourth-order valence-corrected chi connectivity index (χ4v) is 5.26. The highest BCUT2D eigenvalue weighted by atomic mass is 32.2. The molecule has 0 aliphatic carbocycles. The van der Waals surface area contributed by atoms with Crippen LogP contribution in [0.2, 0.25) is 0 Å². The van der Waals surface area contributed by atoms with Crippen LogP contribution in [-0.4, -0.2) is 38.3 Å². The van der Waals surface area contributed by atoms with Crippen LogP contribution in [0.1, 0.15) is 35.3 Å². The van der Waals surface area contributed by atoms with Gasteiger partial charge in [0.1, 0.15) is 0 Å². The zero-order valence-corrected chi connectivity index (χ0v) is 20.0. The van der Waals surface area contributed by atoms with Gasteiger partial charge in [-0.15, -0.1) is 0 Å². The molecule has 4 rings (SSSR count). The van der Waals surface area contributed by atoms with E-state index in [1.807, 2.05) is 38.1 Å². The number of carbonyl (C=O) groups excluding carboxylic acids is 1. The lowest BCUT2D eigenvalue weighted by molar-refractivity contribution is 0.102. The molecule has 3 aromatic rings. The van der Waals surface area contributed by atoms with Crippen molar-refractivity contribution in [3.8, 4) is 0 Å². The molecule has 0 saturated carbocycles. The third-order valence-electron chi connectivity index (χ3n) is 6.14. The molecule has 0 atom stereocenters. The molecular formula is C26H29N3O3S. The van der Waals surface area contributed by atoms with Crippen molar-refractivity contribution in [2.45, 2.75) is 37.8 Å². The van der Waals surface area contributed by atoms with Crippen molar-refractivity contribution in [1.29, 1.82) is 0 Å². The first-order valence-corrected chi connectivity index (χ1v) is 12.5. The van der Waals surface area contributed by atoms with E-state index >= 15 is 0 Å². The molecule has 1 amide bonds. The molecule has 0 radical (unpaired) electrons. The summed E-state index contributed by atoms with van der Waals surface area (Å²) in [6, 6.07) is 22.2. The zero-order chi connectivity index (χ0) is 23.6. The number of sulfonamides is 1. The van der Waals surface area contributed by atoms with Crippen LogP contribution >= 0.6 is 0 Å². The summed E-state index contributed by atoms with van der Waals surface area (Å²) in [6.07, 6.45) is 1.01. The van der Waals surface area contributed by atoms with Gasteiger partial charge >= 0.3 is 0 Å². The third-order valence-corrected chi connectivity index (χ3v) is 8.19. The Morgan fingerprint density at radius 1 is 0.939 bits per heavy atom. The van der Waals surface area contributed by atoms with Crippen molar-refractivity contribution in [2.75, 3.05) is 23.8 Å². The number of fused-ring (bicyclic) bond motifs is 1. The number of carbonyl (C=O) groups is 1. The van der Waals surface area contributed by atoms with E-state index in [9.17, 15) is 13.2 Å². The first-order valence-electron chi connectivity index (χ1n) is 11.1. The smallest absolute Gasteiger partial charge is 0.255 e. The third kappa shape index (κ3) is 4.94. The van der Waals surface area contributed by atoms with Gasteiger partial charge in [0.05, 0.1) is 4.90 Å². The molecule has 172 valence electrons. The van der Waals surface area contributed by atoms with Crippen molar-refractivity contribution in [3.05, 3.63) is 89.5 Å². The average Bonchev–Trinajstić information content (AvgIpc) is 2.83. The summed E-state index contributed by atoms with van der Waals surface area (Å²) in [5.41, 5.74) is 4.93. The Morgan fingerprint density at radius 3 is 2.21 bits per heavy atom. The normalized spacial score (nSPS) is 13.8. The Hall–Kier alpha value is -3.16. The van der Waals surface area contributed by atoms with Crippen LogP contribution in [0.3, 0.4) is 0 Å².